The largest absolute Gasteiger partial charge is 0.454 e. The number of fused-ring (bicyclic) bond motifs is 2. The molecule has 1 amide bonds. The Kier molecular flexibility index (Phi) is 3.76. The van der Waals surface area contributed by atoms with Crippen molar-refractivity contribution in [2.24, 2.45) is 0 Å². The van der Waals surface area contributed by atoms with E-state index in [1.165, 1.54) is 11.0 Å². The normalized spacial score (nSPS) is 12.2. The van der Waals surface area contributed by atoms with Crippen LogP contribution in [-0.2, 0) is 0 Å². The van der Waals surface area contributed by atoms with E-state index in [1.54, 1.807) is 50.5 Å². The smallest absolute Gasteiger partial charge is 0.414 e. The van der Waals surface area contributed by atoms with E-state index < -0.39 is 11.7 Å². The SMILES string of the molecule is CN(C)C(=O)Oc1ccc2cc(-c3ccc4c(c3)OCO4)c(=O)oc2c1. The summed E-state index contributed by atoms with van der Waals surface area (Å²) in [6.07, 6.45) is -0.510. The molecule has 0 atom stereocenters. The summed E-state index contributed by atoms with van der Waals surface area (Å²) in [5, 5.41) is 0.710. The first-order valence-corrected chi connectivity index (χ1v) is 7.88. The summed E-state index contributed by atoms with van der Waals surface area (Å²) in [4.78, 5) is 25.4. The minimum Gasteiger partial charge on any atom is -0.454 e. The number of ether oxygens (including phenoxy) is 3. The van der Waals surface area contributed by atoms with Crippen molar-refractivity contribution in [2.45, 2.75) is 0 Å². The Morgan fingerprint density at radius 2 is 1.85 bits per heavy atom. The van der Waals surface area contributed by atoms with Crippen molar-refractivity contribution >= 4 is 17.1 Å². The van der Waals surface area contributed by atoms with Gasteiger partial charge >= 0.3 is 11.7 Å². The first kappa shape index (κ1) is 16.0. The molecule has 26 heavy (non-hydrogen) atoms. The number of amides is 1. The zero-order valence-corrected chi connectivity index (χ0v) is 14.1. The van der Waals surface area contributed by atoms with Crippen molar-refractivity contribution in [3.05, 3.63) is 52.9 Å². The summed E-state index contributed by atoms with van der Waals surface area (Å²) < 4.78 is 21.2. The molecule has 2 aromatic carbocycles. The van der Waals surface area contributed by atoms with E-state index >= 15 is 0 Å². The van der Waals surface area contributed by atoms with Gasteiger partial charge in [-0.25, -0.2) is 9.59 Å². The Balaban J connectivity index is 1.73. The average Bonchev–Trinajstić information content (AvgIpc) is 3.08. The summed E-state index contributed by atoms with van der Waals surface area (Å²) in [5.74, 6) is 1.54. The molecule has 0 bridgehead atoms. The Bertz CT molecular complexity index is 1070. The molecule has 0 saturated carbocycles. The van der Waals surface area contributed by atoms with Crippen LogP contribution in [0.15, 0.2) is 51.7 Å². The van der Waals surface area contributed by atoms with Gasteiger partial charge < -0.3 is 23.5 Å². The van der Waals surface area contributed by atoms with Crippen LogP contribution in [0, 0.1) is 0 Å². The van der Waals surface area contributed by atoms with E-state index in [0.29, 0.717) is 39.3 Å². The molecular formula is C19H15NO6. The standard InChI is InChI=1S/C19H15NO6/c1-20(2)19(22)25-13-5-3-12-7-14(18(21)26-16(12)9-13)11-4-6-15-17(8-11)24-10-23-15/h3-9H,10H2,1-2H3. The number of hydrogen-bond acceptors (Lipinski definition) is 6. The molecule has 0 fully saturated rings. The third kappa shape index (κ3) is 2.83. The molecule has 1 aliphatic rings. The molecule has 0 radical (unpaired) electrons. The van der Waals surface area contributed by atoms with Gasteiger partial charge in [0.2, 0.25) is 6.79 Å². The second-order valence-electron chi connectivity index (χ2n) is 5.98. The number of carbonyl (C=O) groups excluding carboxylic acids is 1. The molecule has 1 aromatic heterocycles. The molecule has 132 valence electrons. The Labute approximate surface area is 148 Å². The number of rotatable bonds is 2. The summed E-state index contributed by atoms with van der Waals surface area (Å²) in [7, 11) is 3.17. The molecule has 0 spiro atoms. The molecule has 0 unspecified atom stereocenters. The van der Waals surface area contributed by atoms with Gasteiger partial charge in [-0.3, -0.25) is 0 Å². The molecule has 1 aliphatic heterocycles. The van der Waals surface area contributed by atoms with Crippen molar-refractivity contribution in [3.63, 3.8) is 0 Å². The van der Waals surface area contributed by atoms with Gasteiger partial charge in [-0.2, -0.15) is 0 Å². The lowest BCUT2D eigenvalue weighted by molar-refractivity contribution is 0.172. The Morgan fingerprint density at radius 1 is 1.04 bits per heavy atom. The number of nitrogens with zero attached hydrogens (tertiary/aromatic N) is 1. The first-order chi connectivity index (χ1) is 12.5. The van der Waals surface area contributed by atoms with Gasteiger partial charge in [0.05, 0.1) is 5.56 Å². The van der Waals surface area contributed by atoms with Crippen LogP contribution in [0.25, 0.3) is 22.1 Å². The average molecular weight is 353 g/mol. The molecular weight excluding hydrogens is 338 g/mol. The summed E-state index contributed by atoms with van der Waals surface area (Å²) in [6.45, 7) is 0.166. The fourth-order valence-electron chi connectivity index (χ4n) is 2.61. The lowest BCUT2D eigenvalue weighted by Gasteiger charge is -2.11. The summed E-state index contributed by atoms with van der Waals surface area (Å²) >= 11 is 0. The maximum atomic E-state index is 12.4. The highest BCUT2D eigenvalue weighted by molar-refractivity contribution is 5.84. The fraction of sp³-hybridized carbons (Fsp3) is 0.158. The minimum atomic E-state index is -0.510. The van der Waals surface area contributed by atoms with E-state index in [0.717, 1.165) is 0 Å². The highest BCUT2D eigenvalue weighted by Gasteiger charge is 2.16. The van der Waals surface area contributed by atoms with Gasteiger partial charge in [0.1, 0.15) is 11.3 Å². The third-order valence-electron chi connectivity index (χ3n) is 3.96. The van der Waals surface area contributed by atoms with Crippen molar-refractivity contribution < 1.29 is 23.4 Å². The van der Waals surface area contributed by atoms with Crippen molar-refractivity contribution in [1.29, 1.82) is 0 Å². The minimum absolute atomic E-state index is 0.166. The van der Waals surface area contributed by atoms with Crippen LogP contribution in [-0.4, -0.2) is 31.9 Å². The molecule has 0 aliphatic carbocycles. The van der Waals surface area contributed by atoms with Crippen LogP contribution in [0.1, 0.15) is 0 Å². The van der Waals surface area contributed by atoms with Crippen LogP contribution >= 0.6 is 0 Å². The van der Waals surface area contributed by atoms with E-state index in [2.05, 4.69) is 0 Å². The zero-order chi connectivity index (χ0) is 18.3. The second-order valence-corrected chi connectivity index (χ2v) is 5.98. The molecule has 2 heterocycles. The Hall–Kier alpha value is -3.48. The molecule has 3 aromatic rings. The van der Waals surface area contributed by atoms with E-state index in [9.17, 15) is 9.59 Å². The van der Waals surface area contributed by atoms with Crippen LogP contribution in [0.3, 0.4) is 0 Å². The molecule has 0 saturated heterocycles. The second kappa shape index (κ2) is 6.11. The molecule has 7 heteroatoms. The van der Waals surface area contributed by atoms with Crippen molar-refractivity contribution in [3.8, 4) is 28.4 Å². The van der Waals surface area contributed by atoms with E-state index in [1.807, 2.05) is 0 Å². The third-order valence-corrected chi connectivity index (χ3v) is 3.96. The van der Waals surface area contributed by atoms with Gasteiger partial charge in [-0.15, -0.1) is 0 Å². The summed E-state index contributed by atoms with van der Waals surface area (Å²) in [6, 6.07) is 11.9. The van der Waals surface area contributed by atoms with Gasteiger partial charge in [0.15, 0.2) is 11.5 Å². The van der Waals surface area contributed by atoms with Crippen molar-refractivity contribution in [2.75, 3.05) is 20.9 Å². The summed E-state index contributed by atoms with van der Waals surface area (Å²) in [5.41, 5.74) is 0.929. The van der Waals surface area contributed by atoms with Crippen LogP contribution in [0.2, 0.25) is 0 Å². The molecule has 0 N–H and O–H groups in total. The quantitative estimate of drug-likeness (QED) is 0.658. The highest BCUT2D eigenvalue weighted by Crippen LogP contribution is 2.35. The number of carbonyl (C=O) groups is 1. The number of hydrogen-bond donors (Lipinski definition) is 0. The number of benzene rings is 2. The molecule has 4 rings (SSSR count). The maximum Gasteiger partial charge on any atom is 0.414 e. The predicted molar refractivity (Wildman–Crippen MR) is 93.8 cm³/mol. The Morgan fingerprint density at radius 3 is 2.65 bits per heavy atom. The zero-order valence-electron chi connectivity index (χ0n) is 14.1. The molecule has 7 nitrogen and oxygen atoms in total. The van der Waals surface area contributed by atoms with Crippen LogP contribution in [0.5, 0.6) is 17.2 Å². The van der Waals surface area contributed by atoms with Gasteiger partial charge in [-0.1, -0.05) is 6.07 Å². The lowest BCUT2D eigenvalue weighted by atomic mass is 10.1. The lowest BCUT2D eigenvalue weighted by Crippen LogP contribution is -2.25. The predicted octanol–water partition coefficient (Wildman–Crippen LogP) is 3.25. The topological polar surface area (TPSA) is 78.2 Å². The fourth-order valence-corrected chi connectivity index (χ4v) is 2.61. The van der Waals surface area contributed by atoms with Gasteiger partial charge in [-0.05, 0) is 35.9 Å². The monoisotopic (exact) mass is 353 g/mol. The first-order valence-electron chi connectivity index (χ1n) is 7.88. The highest BCUT2D eigenvalue weighted by atomic mass is 16.7. The van der Waals surface area contributed by atoms with Crippen LogP contribution < -0.4 is 19.8 Å². The maximum absolute atomic E-state index is 12.4. The van der Waals surface area contributed by atoms with Gasteiger partial charge in [0, 0.05) is 25.5 Å². The van der Waals surface area contributed by atoms with Gasteiger partial charge in [0.25, 0.3) is 0 Å². The van der Waals surface area contributed by atoms with E-state index in [-0.39, 0.29) is 6.79 Å². The van der Waals surface area contributed by atoms with Crippen LogP contribution in [0.4, 0.5) is 4.79 Å². The van der Waals surface area contributed by atoms with E-state index in [4.69, 9.17) is 18.6 Å². The van der Waals surface area contributed by atoms with Crippen molar-refractivity contribution in [1.82, 2.24) is 4.90 Å².